The number of nitrogens with zero attached hydrogens (tertiary/aromatic N) is 2. The molecule has 2 N–H and O–H groups in total. The molecule has 13 heavy (non-hydrogen) atoms. The van der Waals surface area contributed by atoms with E-state index >= 15 is 0 Å². The highest BCUT2D eigenvalue weighted by molar-refractivity contribution is 5.30. The van der Waals surface area contributed by atoms with Crippen molar-refractivity contribution in [1.29, 1.82) is 0 Å². The maximum absolute atomic E-state index is 11.0. The molecule has 5 heteroatoms. The molecule has 0 aliphatic carbocycles. The SMILES string of the molecule is O=c1cc(C#CCO)cnn1CO. The summed E-state index contributed by atoms with van der Waals surface area (Å²) in [5.41, 5.74) is -0.00371. The van der Waals surface area contributed by atoms with E-state index in [4.69, 9.17) is 10.2 Å². The molecule has 0 saturated heterocycles. The zero-order chi connectivity index (χ0) is 9.68. The molecule has 1 aromatic heterocycles. The predicted molar refractivity (Wildman–Crippen MR) is 44.7 cm³/mol. The molecule has 0 fully saturated rings. The van der Waals surface area contributed by atoms with Gasteiger partial charge in [0.15, 0.2) is 0 Å². The number of aliphatic hydroxyl groups excluding tert-OH is 2. The van der Waals surface area contributed by atoms with Gasteiger partial charge in [-0.3, -0.25) is 4.79 Å². The fraction of sp³-hybridized carbons (Fsp3) is 0.250. The summed E-state index contributed by atoms with van der Waals surface area (Å²) in [5, 5.41) is 20.6. The quantitative estimate of drug-likeness (QED) is 0.518. The van der Waals surface area contributed by atoms with Crippen molar-refractivity contribution < 1.29 is 10.2 Å². The van der Waals surface area contributed by atoms with E-state index in [1.807, 2.05) is 0 Å². The average molecular weight is 180 g/mol. The first-order chi connectivity index (χ1) is 6.27. The van der Waals surface area contributed by atoms with Crippen LogP contribution >= 0.6 is 0 Å². The Bertz CT molecular complexity index is 400. The number of hydrogen-bond donors (Lipinski definition) is 2. The Morgan fingerprint density at radius 3 is 2.85 bits per heavy atom. The third kappa shape index (κ3) is 2.40. The van der Waals surface area contributed by atoms with Crippen LogP contribution in [0.2, 0.25) is 0 Å². The lowest BCUT2D eigenvalue weighted by Gasteiger charge is -1.96. The third-order valence-corrected chi connectivity index (χ3v) is 1.32. The maximum Gasteiger partial charge on any atom is 0.270 e. The third-order valence-electron chi connectivity index (χ3n) is 1.32. The second kappa shape index (κ2) is 4.40. The summed E-state index contributed by atoms with van der Waals surface area (Å²) in [6.07, 6.45) is 1.35. The second-order valence-electron chi connectivity index (χ2n) is 2.18. The van der Waals surface area contributed by atoms with Gasteiger partial charge in [-0.2, -0.15) is 5.10 Å². The second-order valence-corrected chi connectivity index (χ2v) is 2.18. The van der Waals surface area contributed by atoms with Crippen molar-refractivity contribution in [3.05, 3.63) is 28.2 Å². The van der Waals surface area contributed by atoms with E-state index in [2.05, 4.69) is 16.9 Å². The van der Waals surface area contributed by atoms with E-state index in [-0.39, 0.29) is 6.61 Å². The fourth-order valence-corrected chi connectivity index (χ4v) is 0.750. The molecule has 0 aliphatic rings. The Kier molecular flexibility index (Phi) is 3.20. The normalized spacial score (nSPS) is 9.08. The molecule has 0 saturated carbocycles. The number of rotatable bonds is 1. The molecular formula is C8H8N2O3. The number of aromatic nitrogens is 2. The Balaban J connectivity index is 3.03. The Hall–Kier alpha value is -1.64. The van der Waals surface area contributed by atoms with E-state index in [1.165, 1.54) is 12.3 Å². The summed E-state index contributed by atoms with van der Waals surface area (Å²) >= 11 is 0. The summed E-state index contributed by atoms with van der Waals surface area (Å²) < 4.78 is 0.893. The number of aliphatic hydroxyl groups is 2. The monoisotopic (exact) mass is 180 g/mol. The lowest BCUT2D eigenvalue weighted by atomic mass is 10.3. The van der Waals surface area contributed by atoms with Crippen LogP contribution < -0.4 is 5.56 Å². The van der Waals surface area contributed by atoms with Crippen molar-refractivity contribution in [3.8, 4) is 11.8 Å². The van der Waals surface area contributed by atoms with Gasteiger partial charge in [0.2, 0.25) is 0 Å². The van der Waals surface area contributed by atoms with Gasteiger partial charge in [0.05, 0.1) is 11.8 Å². The zero-order valence-corrected chi connectivity index (χ0v) is 6.77. The Morgan fingerprint density at radius 1 is 1.54 bits per heavy atom. The van der Waals surface area contributed by atoms with Crippen LogP contribution in [0.3, 0.4) is 0 Å². The first-order valence-corrected chi connectivity index (χ1v) is 3.55. The molecule has 68 valence electrons. The van der Waals surface area contributed by atoms with Crippen LogP contribution in [0.25, 0.3) is 0 Å². The van der Waals surface area contributed by atoms with E-state index < -0.39 is 12.3 Å². The van der Waals surface area contributed by atoms with Crippen molar-refractivity contribution in [2.24, 2.45) is 0 Å². The van der Waals surface area contributed by atoms with Crippen LogP contribution in [0.5, 0.6) is 0 Å². The van der Waals surface area contributed by atoms with E-state index in [1.54, 1.807) is 0 Å². The smallest absolute Gasteiger partial charge is 0.270 e. The lowest BCUT2D eigenvalue weighted by molar-refractivity contribution is 0.188. The van der Waals surface area contributed by atoms with Gasteiger partial charge in [-0.25, -0.2) is 4.68 Å². The summed E-state index contributed by atoms with van der Waals surface area (Å²) in [6, 6.07) is 1.24. The minimum Gasteiger partial charge on any atom is -0.384 e. The van der Waals surface area contributed by atoms with Gasteiger partial charge in [0.1, 0.15) is 13.3 Å². The highest BCUT2D eigenvalue weighted by Gasteiger charge is 1.95. The molecule has 0 aliphatic heterocycles. The molecule has 1 rings (SSSR count). The van der Waals surface area contributed by atoms with Crippen molar-refractivity contribution in [2.75, 3.05) is 6.61 Å². The van der Waals surface area contributed by atoms with Gasteiger partial charge in [0, 0.05) is 6.07 Å². The van der Waals surface area contributed by atoms with Crippen molar-refractivity contribution in [2.45, 2.75) is 6.73 Å². The summed E-state index contributed by atoms with van der Waals surface area (Å²) in [4.78, 5) is 11.0. The van der Waals surface area contributed by atoms with Crippen LogP contribution in [-0.2, 0) is 6.73 Å². The van der Waals surface area contributed by atoms with E-state index in [0.717, 1.165) is 4.68 Å². The largest absolute Gasteiger partial charge is 0.384 e. The van der Waals surface area contributed by atoms with Gasteiger partial charge in [-0.05, 0) is 0 Å². The van der Waals surface area contributed by atoms with Crippen LogP contribution in [0.15, 0.2) is 17.1 Å². The van der Waals surface area contributed by atoms with Crippen molar-refractivity contribution in [3.63, 3.8) is 0 Å². The van der Waals surface area contributed by atoms with Crippen LogP contribution in [-0.4, -0.2) is 26.6 Å². The maximum atomic E-state index is 11.0. The van der Waals surface area contributed by atoms with Gasteiger partial charge in [-0.1, -0.05) is 11.8 Å². The minimum atomic E-state index is -0.452. The molecule has 0 amide bonds. The predicted octanol–water partition coefficient (Wildman–Crippen LogP) is -1.46. The molecular weight excluding hydrogens is 172 g/mol. The fourth-order valence-electron chi connectivity index (χ4n) is 0.750. The van der Waals surface area contributed by atoms with Gasteiger partial charge in [0.25, 0.3) is 5.56 Å². The Morgan fingerprint density at radius 2 is 2.31 bits per heavy atom. The summed E-state index contributed by atoms with van der Waals surface area (Å²) in [5.74, 6) is 4.91. The van der Waals surface area contributed by atoms with Gasteiger partial charge >= 0.3 is 0 Å². The van der Waals surface area contributed by atoms with Crippen LogP contribution in [0.1, 0.15) is 5.56 Å². The molecule has 1 heterocycles. The standard InChI is InChI=1S/C8H8N2O3/c11-3-1-2-7-4-8(13)10(6-12)9-5-7/h4-5,11-12H,3,6H2. The van der Waals surface area contributed by atoms with Gasteiger partial charge in [-0.15, -0.1) is 0 Å². The van der Waals surface area contributed by atoms with Gasteiger partial charge < -0.3 is 10.2 Å². The number of hydrogen-bond acceptors (Lipinski definition) is 4. The molecule has 0 bridgehead atoms. The first-order valence-electron chi connectivity index (χ1n) is 3.55. The lowest BCUT2D eigenvalue weighted by Crippen LogP contribution is -2.21. The molecule has 0 aromatic carbocycles. The molecule has 0 spiro atoms. The summed E-state index contributed by atoms with van der Waals surface area (Å²) in [6.45, 7) is -0.713. The topological polar surface area (TPSA) is 75.3 Å². The molecule has 0 unspecified atom stereocenters. The Labute approximate surface area is 74.3 Å². The molecule has 0 radical (unpaired) electrons. The highest BCUT2D eigenvalue weighted by atomic mass is 16.3. The molecule has 5 nitrogen and oxygen atoms in total. The first kappa shape index (κ1) is 9.45. The molecule has 1 aromatic rings. The van der Waals surface area contributed by atoms with E-state index in [0.29, 0.717) is 5.56 Å². The van der Waals surface area contributed by atoms with Crippen LogP contribution in [0, 0.1) is 11.8 Å². The highest BCUT2D eigenvalue weighted by Crippen LogP contribution is 1.87. The molecule has 0 atom stereocenters. The zero-order valence-electron chi connectivity index (χ0n) is 6.77. The summed E-state index contributed by atoms with van der Waals surface area (Å²) in [7, 11) is 0. The van der Waals surface area contributed by atoms with Crippen LogP contribution in [0.4, 0.5) is 0 Å². The average Bonchev–Trinajstić information content (AvgIpc) is 2.15. The minimum absolute atomic E-state index is 0.261. The van der Waals surface area contributed by atoms with E-state index in [9.17, 15) is 4.79 Å². The van der Waals surface area contributed by atoms with Crippen molar-refractivity contribution >= 4 is 0 Å². The van der Waals surface area contributed by atoms with Crippen molar-refractivity contribution in [1.82, 2.24) is 9.78 Å².